The zero-order chi connectivity index (χ0) is 25.6. The fourth-order valence-corrected chi connectivity index (χ4v) is 2.73. The summed E-state index contributed by atoms with van der Waals surface area (Å²) in [6, 6.07) is 7.69. The number of nitrogens with zero attached hydrogens (tertiary/aromatic N) is 4. The van der Waals surface area contributed by atoms with E-state index in [2.05, 4.69) is 20.3 Å². The van der Waals surface area contributed by atoms with E-state index in [0.717, 1.165) is 29.1 Å². The van der Waals surface area contributed by atoms with Crippen LogP contribution in [0.4, 0.5) is 24.7 Å². The topological polar surface area (TPSA) is 153 Å². The van der Waals surface area contributed by atoms with Crippen molar-refractivity contribution in [3.8, 4) is 0 Å². The zero-order valence-electron chi connectivity index (χ0n) is 17.7. The van der Waals surface area contributed by atoms with Crippen LogP contribution >= 0.6 is 0 Å². The molecule has 13 heteroatoms. The summed E-state index contributed by atoms with van der Waals surface area (Å²) in [5.41, 5.74) is 4.06. The average molecular weight is 486 g/mol. The number of aliphatic imine (C=N–C) groups is 1. The number of carbonyl (C=O) groups is 2. The van der Waals surface area contributed by atoms with E-state index in [9.17, 15) is 27.6 Å². The molecule has 10 nitrogen and oxygen atoms in total. The lowest BCUT2D eigenvalue weighted by molar-refractivity contribution is -0.137. The van der Waals surface area contributed by atoms with Crippen molar-refractivity contribution in [1.82, 2.24) is 14.5 Å². The first-order valence-corrected chi connectivity index (χ1v) is 9.76. The average Bonchev–Trinajstić information content (AvgIpc) is 2.80. The molecule has 3 aromatic rings. The van der Waals surface area contributed by atoms with Crippen LogP contribution in [0.2, 0.25) is 0 Å². The van der Waals surface area contributed by atoms with Crippen molar-refractivity contribution >= 4 is 34.8 Å². The second-order valence-corrected chi connectivity index (χ2v) is 6.97. The predicted octanol–water partition coefficient (Wildman–Crippen LogP) is 2.61. The van der Waals surface area contributed by atoms with Gasteiger partial charge in [0.05, 0.1) is 17.4 Å². The standard InChI is InChI=1S/C22H17F3N6O4/c23-22(24,25)17(8-16(26)13-2-1-7-27-9-13)30-18-5-4-15(10-28-18)29-21(35)14-3-6-19(32)31(11-14)12-20(33)34/h1-11H,12,26H2,(H,29,35)(H,33,34). The first-order chi connectivity index (χ1) is 16.5. The van der Waals surface area contributed by atoms with Crippen molar-refractivity contribution in [3.05, 3.63) is 88.7 Å². The van der Waals surface area contributed by atoms with Crippen molar-refractivity contribution in [2.75, 3.05) is 5.32 Å². The van der Waals surface area contributed by atoms with Crippen LogP contribution in [0, 0.1) is 0 Å². The summed E-state index contributed by atoms with van der Waals surface area (Å²) < 4.78 is 41.2. The third-order valence-corrected chi connectivity index (χ3v) is 4.37. The van der Waals surface area contributed by atoms with E-state index in [0.29, 0.717) is 6.08 Å². The lowest BCUT2D eigenvalue weighted by Crippen LogP contribution is -2.25. The lowest BCUT2D eigenvalue weighted by Gasteiger charge is -2.09. The largest absolute Gasteiger partial charge is 0.480 e. The van der Waals surface area contributed by atoms with Gasteiger partial charge in [-0.1, -0.05) is 0 Å². The summed E-state index contributed by atoms with van der Waals surface area (Å²) in [5, 5.41) is 11.3. The van der Waals surface area contributed by atoms with Crippen LogP contribution in [0.5, 0.6) is 0 Å². The number of nitrogens with one attached hydrogen (secondary N) is 1. The van der Waals surface area contributed by atoms with Gasteiger partial charge in [-0.05, 0) is 36.4 Å². The molecule has 0 aliphatic rings. The minimum absolute atomic E-state index is 0.0108. The molecular formula is C22H17F3N6O4. The summed E-state index contributed by atoms with van der Waals surface area (Å²) in [6.07, 6.45) is 0.773. The zero-order valence-corrected chi connectivity index (χ0v) is 17.7. The first kappa shape index (κ1) is 24.8. The van der Waals surface area contributed by atoms with Crippen LogP contribution in [0.15, 0.2) is 77.0 Å². The van der Waals surface area contributed by atoms with Gasteiger partial charge < -0.3 is 20.7 Å². The number of anilines is 1. The van der Waals surface area contributed by atoms with Gasteiger partial charge in [-0.15, -0.1) is 0 Å². The van der Waals surface area contributed by atoms with Crippen molar-refractivity contribution in [3.63, 3.8) is 0 Å². The van der Waals surface area contributed by atoms with Crippen LogP contribution in [0.25, 0.3) is 5.70 Å². The number of aliphatic carboxylic acids is 1. The van der Waals surface area contributed by atoms with E-state index in [1.165, 1.54) is 36.7 Å². The van der Waals surface area contributed by atoms with E-state index in [-0.39, 0.29) is 28.3 Å². The molecule has 0 aliphatic carbocycles. The number of carbonyl (C=O) groups excluding carboxylic acids is 1. The van der Waals surface area contributed by atoms with E-state index >= 15 is 0 Å². The Morgan fingerprint density at radius 2 is 1.91 bits per heavy atom. The summed E-state index contributed by atoms with van der Waals surface area (Å²) in [7, 11) is 0. The monoisotopic (exact) mass is 486 g/mol. The predicted molar refractivity (Wildman–Crippen MR) is 120 cm³/mol. The fourth-order valence-electron chi connectivity index (χ4n) is 2.73. The van der Waals surface area contributed by atoms with Gasteiger partial charge in [0.25, 0.3) is 11.5 Å². The number of allylic oxidation sites excluding steroid dienone is 1. The van der Waals surface area contributed by atoms with Gasteiger partial charge in [0, 0.05) is 35.9 Å². The molecular weight excluding hydrogens is 469 g/mol. The molecule has 0 saturated carbocycles. The molecule has 0 saturated heterocycles. The third-order valence-electron chi connectivity index (χ3n) is 4.37. The Balaban J connectivity index is 1.80. The van der Waals surface area contributed by atoms with Crippen molar-refractivity contribution in [2.24, 2.45) is 10.7 Å². The highest BCUT2D eigenvalue weighted by atomic mass is 19.4. The summed E-state index contributed by atoms with van der Waals surface area (Å²) in [4.78, 5) is 46.1. The lowest BCUT2D eigenvalue weighted by atomic mass is 10.2. The van der Waals surface area contributed by atoms with Crippen molar-refractivity contribution in [1.29, 1.82) is 0 Å². The number of hydrogen-bond donors (Lipinski definition) is 3. The number of rotatable bonds is 7. The Hall–Kier alpha value is -4.81. The van der Waals surface area contributed by atoms with Crippen molar-refractivity contribution in [2.45, 2.75) is 12.7 Å². The molecule has 3 aromatic heterocycles. The third kappa shape index (κ3) is 6.83. The van der Waals surface area contributed by atoms with Gasteiger partial charge in [-0.2, -0.15) is 13.2 Å². The number of nitrogens with two attached hydrogens (primary N) is 1. The smallest absolute Gasteiger partial charge is 0.433 e. The maximum absolute atomic E-state index is 13.5. The Kier molecular flexibility index (Phi) is 7.39. The summed E-state index contributed by atoms with van der Waals surface area (Å²) >= 11 is 0. The van der Waals surface area contributed by atoms with Crippen LogP contribution in [0.3, 0.4) is 0 Å². The number of halogens is 3. The molecule has 180 valence electrons. The number of aromatic nitrogens is 3. The second-order valence-electron chi connectivity index (χ2n) is 6.97. The molecule has 0 aromatic carbocycles. The molecule has 0 bridgehead atoms. The van der Waals surface area contributed by atoms with Crippen LogP contribution in [-0.2, 0) is 11.3 Å². The summed E-state index contributed by atoms with van der Waals surface area (Å²) in [5.74, 6) is -2.24. The fraction of sp³-hybridized carbons (Fsp3) is 0.0909. The Labute approximate surface area is 195 Å². The molecule has 4 N–H and O–H groups in total. The van der Waals surface area contributed by atoms with Gasteiger partial charge >= 0.3 is 12.1 Å². The van der Waals surface area contributed by atoms with Gasteiger partial charge in [-0.3, -0.25) is 19.4 Å². The highest BCUT2D eigenvalue weighted by Gasteiger charge is 2.34. The van der Waals surface area contributed by atoms with Crippen molar-refractivity contribution < 1.29 is 27.9 Å². The normalized spacial score (nSPS) is 12.3. The molecule has 0 aliphatic heterocycles. The molecule has 3 heterocycles. The first-order valence-electron chi connectivity index (χ1n) is 9.76. The Morgan fingerprint density at radius 3 is 2.51 bits per heavy atom. The molecule has 0 fully saturated rings. The van der Waals surface area contributed by atoms with Gasteiger partial charge in [0.2, 0.25) is 0 Å². The van der Waals surface area contributed by atoms with E-state index in [4.69, 9.17) is 10.8 Å². The van der Waals surface area contributed by atoms with Crippen LogP contribution in [0.1, 0.15) is 15.9 Å². The van der Waals surface area contributed by atoms with Gasteiger partial charge in [-0.25, -0.2) is 9.98 Å². The molecule has 35 heavy (non-hydrogen) atoms. The van der Waals surface area contributed by atoms with Gasteiger partial charge in [0.15, 0.2) is 5.82 Å². The molecule has 0 unspecified atom stereocenters. The summed E-state index contributed by atoms with van der Waals surface area (Å²) in [6.45, 7) is -0.629. The number of carboxylic acid groups (broad SMARTS) is 1. The quantitative estimate of drug-likeness (QED) is 0.434. The second kappa shape index (κ2) is 10.4. The number of pyridine rings is 3. The highest BCUT2D eigenvalue weighted by molar-refractivity contribution is 6.05. The van der Waals surface area contributed by atoms with Crippen LogP contribution in [-0.4, -0.2) is 43.4 Å². The number of amides is 1. The minimum atomic E-state index is -4.82. The van der Waals surface area contributed by atoms with Crippen LogP contribution < -0.4 is 16.6 Å². The maximum atomic E-state index is 13.5. The SMILES string of the molecule is NC(=CC(=Nc1ccc(NC(=O)c2ccc(=O)n(CC(=O)O)c2)cn1)C(F)(F)F)c1cccnc1. The molecule has 0 radical (unpaired) electrons. The van der Waals surface area contributed by atoms with E-state index < -0.39 is 35.9 Å². The van der Waals surface area contributed by atoms with E-state index in [1.54, 1.807) is 0 Å². The Morgan fingerprint density at radius 1 is 1.14 bits per heavy atom. The molecule has 0 atom stereocenters. The number of alkyl halides is 3. The molecule has 3 rings (SSSR count). The minimum Gasteiger partial charge on any atom is -0.480 e. The number of hydrogen-bond acceptors (Lipinski definition) is 7. The van der Waals surface area contributed by atoms with E-state index in [1.807, 2.05) is 0 Å². The number of carboxylic acids is 1. The van der Waals surface area contributed by atoms with Gasteiger partial charge in [0.1, 0.15) is 12.3 Å². The molecule has 1 amide bonds. The Bertz CT molecular complexity index is 1350. The maximum Gasteiger partial charge on any atom is 0.433 e. The molecule has 0 spiro atoms. The highest BCUT2D eigenvalue weighted by Crippen LogP contribution is 2.24.